The SMILES string of the molecule is CCCNC(c1cnc(C(F)(F)F)s1)C1CSCCN1C. The second kappa shape index (κ2) is 7.30. The number of hydrogen-bond acceptors (Lipinski definition) is 5. The lowest BCUT2D eigenvalue weighted by atomic mass is 10.1. The number of thiazole rings is 1. The van der Waals surface area contributed by atoms with Crippen molar-refractivity contribution in [3.63, 3.8) is 0 Å². The number of nitrogens with one attached hydrogen (secondary N) is 1. The largest absolute Gasteiger partial charge is 0.443 e. The molecule has 0 radical (unpaired) electrons. The Hall–Kier alpha value is -0.310. The molecule has 1 aromatic heterocycles. The van der Waals surface area contributed by atoms with E-state index in [0.717, 1.165) is 42.4 Å². The third-order valence-electron chi connectivity index (χ3n) is 3.51. The van der Waals surface area contributed by atoms with Crippen LogP contribution in [0.15, 0.2) is 6.20 Å². The number of hydrogen-bond donors (Lipinski definition) is 1. The summed E-state index contributed by atoms with van der Waals surface area (Å²) in [6, 6.07) is 0.119. The van der Waals surface area contributed by atoms with E-state index >= 15 is 0 Å². The molecule has 1 saturated heterocycles. The Morgan fingerprint density at radius 2 is 2.29 bits per heavy atom. The topological polar surface area (TPSA) is 28.2 Å². The van der Waals surface area contributed by atoms with Crippen molar-refractivity contribution < 1.29 is 13.2 Å². The van der Waals surface area contributed by atoms with Crippen molar-refractivity contribution in [3.05, 3.63) is 16.1 Å². The molecule has 0 aliphatic carbocycles. The Balaban J connectivity index is 2.20. The Labute approximate surface area is 131 Å². The van der Waals surface area contributed by atoms with Gasteiger partial charge in [0.1, 0.15) is 0 Å². The van der Waals surface area contributed by atoms with Crippen LogP contribution >= 0.6 is 23.1 Å². The Bertz CT molecular complexity index is 450. The zero-order chi connectivity index (χ0) is 15.5. The second-order valence-electron chi connectivity index (χ2n) is 5.12. The van der Waals surface area contributed by atoms with Crippen LogP contribution < -0.4 is 5.32 Å². The maximum absolute atomic E-state index is 12.7. The second-order valence-corrected chi connectivity index (χ2v) is 7.33. The third-order valence-corrected chi connectivity index (χ3v) is 5.69. The van der Waals surface area contributed by atoms with Gasteiger partial charge in [-0.2, -0.15) is 24.9 Å². The molecule has 0 bridgehead atoms. The van der Waals surface area contributed by atoms with Crippen LogP contribution in [-0.4, -0.2) is 47.6 Å². The first-order valence-corrected chi connectivity index (χ1v) is 8.95. The standard InChI is InChI=1S/C13H20F3N3S2/c1-3-4-17-11(9-8-20-6-5-19(9)2)10-7-18-12(21-10)13(14,15)16/h7,9,11,17H,3-6,8H2,1-2H3. The lowest BCUT2D eigenvalue weighted by Gasteiger charge is -2.37. The van der Waals surface area contributed by atoms with Crippen molar-refractivity contribution in [1.82, 2.24) is 15.2 Å². The fourth-order valence-corrected chi connectivity index (χ4v) is 4.53. The van der Waals surface area contributed by atoms with Crippen LogP contribution in [-0.2, 0) is 6.18 Å². The van der Waals surface area contributed by atoms with Gasteiger partial charge in [0.2, 0.25) is 0 Å². The molecule has 0 spiro atoms. The summed E-state index contributed by atoms with van der Waals surface area (Å²) in [7, 11) is 2.04. The van der Waals surface area contributed by atoms with Gasteiger partial charge >= 0.3 is 6.18 Å². The average Bonchev–Trinajstić information content (AvgIpc) is 2.91. The zero-order valence-corrected chi connectivity index (χ0v) is 13.7. The van der Waals surface area contributed by atoms with Crippen LogP contribution in [0.3, 0.4) is 0 Å². The van der Waals surface area contributed by atoms with Gasteiger partial charge in [0.25, 0.3) is 0 Å². The van der Waals surface area contributed by atoms with Gasteiger partial charge in [-0.15, -0.1) is 11.3 Å². The Kier molecular flexibility index (Phi) is 5.93. The first kappa shape index (κ1) is 17.1. The molecule has 0 saturated carbocycles. The van der Waals surface area contributed by atoms with Crippen molar-refractivity contribution in [2.75, 3.05) is 31.6 Å². The number of rotatable bonds is 5. The molecular weight excluding hydrogens is 319 g/mol. The smallest absolute Gasteiger partial charge is 0.308 e. The molecule has 0 amide bonds. The number of alkyl halides is 3. The van der Waals surface area contributed by atoms with E-state index < -0.39 is 11.2 Å². The van der Waals surface area contributed by atoms with E-state index in [0.29, 0.717) is 4.88 Å². The van der Waals surface area contributed by atoms with E-state index in [1.807, 2.05) is 18.8 Å². The molecule has 8 heteroatoms. The number of halogens is 3. The van der Waals surface area contributed by atoms with Gasteiger partial charge in [-0.1, -0.05) is 6.92 Å². The van der Waals surface area contributed by atoms with E-state index in [-0.39, 0.29) is 12.1 Å². The van der Waals surface area contributed by atoms with Crippen molar-refractivity contribution >= 4 is 23.1 Å². The predicted molar refractivity (Wildman–Crippen MR) is 81.9 cm³/mol. The minimum atomic E-state index is -4.36. The number of thioether (sulfide) groups is 1. The number of likely N-dealkylation sites (N-methyl/N-ethyl adjacent to an activating group) is 1. The molecule has 1 fully saturated rings. The summed E-state index contributed by atoms with van der Waals surface area (Å²) in [5.41, 5.74) is 0. The summed E-state index contributed by atoms with van der Waals surface area (Å²) in [6.07, 6.45) is -2.02. The van der Waals surface area contributed by atoms with Crippen molar-refractivity contribution in [1.29, 1.82) is 0 Å². The highest BCUT2D eigenvalue weighted by Crippen LogP contribution is 2.36. The first-order valence-electron chi connectivity index (χ1n) is 6.97. The molecule has 1 aliphatic heterocycles. The maximum atomic E-state index is 12.7. The molecule has 1 N–H and O–H groups in total. The van der Waals surface area contributed by atoms with E-state index in [9.17, 15) is 13.2 Å². The molecule has 2 atom stereocenters. The van der Waals surface area contributed by atoms with Gasteiger partial charge in [-0.3, -0.25) is 4.90 Å². The lowest BCUT2D eigenvalue weighted by molar-refractivity contribution is -0.137. The van der Waals surface area contributed by atoms with E-state index in [1.165, 1.54) is 6.20 Å². The van der Waals surface area contributed by atoms with Crippen LogP contribution in [0.25, 0.3) is 0 Å². The number of nitrogens with zero attached hydrogens (tertiary/aromatic N) is 2. The van der Waals surface area contributed by atoms with Crippen LogP contribution in [0, 0.1) is 0 Å². The van der Waals surface area contributed by atoms with Crippen LogP contribution in [0.5, 0.6) is 0 Å². The van der Waals surface area contributed by atoms with E-state index in [4.69, 9.17) is 0 Å². The quantitative estimate of drug-likeness (QED) is 0.891. The summed E-state index contributed by atoms with van der Waals surface area (Å²) in [6.45, 7) is 3.81. The third kappa shape index (κ3) is 4.34. The zero-order valence-electron chi connectivity index (χ0n) is 12.1. The molecule has 21 heavy (non-hydrogen) atoms. The van der Waals surface area contributed by atoms with E-state index in [1.54, 1.807) is 0 Å². The monoisotopic (exact) mass is 339 g/mol. The molecule has 120 valence electrons. The van der Waals surface area contributed by atoms with Crippen LogP contribution in [0.4, 0.5) is 13.2 Å². The highest BCUT2D eigenvalue weighted by atomic mass is 32.2. The molecule has 2 heterocycles. The minimum absolute atomic E-state index is 0.0867. The highest BCUT2D eigenvalue weighted by Gasteiger charge is 2.37. The van der Waals surface area contributed by atoms with Crippen molar-refractivity contribution in [3.8, 4) is 0 Å². The molecule has 2 rings (SSSR count). The fraction of sp³-hybridized carbons (Fsp3) is 0.769. The van der Waals surface area contributed by atoms with Gasteiger partial charge in [0.05, 0.1) is 6.04 Å². The van der Waals surface area contributed by atoms with Crippen LogP contribution in [0.2, 0.25) is 0 Å². The lowest BCUT2D eigenvalue weighted by Crippen LogP contribution is -2.47. The van der Waals surface area contributed by atoms with Crippen molar-refractivity contribution in [2.45, 2.75) is 31.6 Å². The van der Waals surface area contributed by atoms with Crippen LogP contribution in [0.1, 0.15) is 29.3 Å². The van der Waals surface area contributed by atoms with Gasteiger partial charge < -0.3 is 5.32 Å². The predicted octanol–water partition coefficient (Wildman–Crippen LogP) is 3.25. The Morgan fingerprint density at radius 3 is 2.86 bits per heavy atom. The van der Waals surface area contributed by atoms with E-state index in [2.05, 4.69) is 22.1 Å². The summed E-state index contributed by atoms with van der Waals surface area (Å²) < 4.78 is 38.2. The minimum Gasteiger partial charge on any atom is -0.308 e. The summed E-state index contributed by atoms with van der Waals surface area (Å²) in [5, 5.41) is 2.64. The molecule has 3 nitrogen and oxygen atoms in total. The van der Waals surface area contributed by atoms with Gasteiger partial charge in [-0.25, -0.2) is 4.98 Å². The average molecular weight is 339 g/mol. The molecule has 0 aromatic carbocycles. The Morgan fingerprint density at radius 1 is 1.52 bits per heavy atom. The normalized spacial score (nSPS) is 22.4. The fourth-order valence-electron chi connectivity index (χ4n) is 2.34. The molecule has 2 unspecified atom stereocenters. The van der Waals surface area contributed by atoms with Gasteiger partial charge in [-0.05, 0) is 20.0 Å². The van der Waals surface area contributed by atoms with Gasteiger partial charge in [0.15, 0.2) is 5.01 Å². The summed E-state index contributed by atoms with van der Waals surface area (Å²) in [4.78, 5) is 6.47. The summed E-state index contributed by atoms with van der Waals surface area (Å²) in [5.74, 6) is 2.00. The first-order chi connectivity index (χ1) is 9.93. The summed E-state index contributed by atoms with van der Waals surface area (Å²) >= 11 is 2.62. The molecular formula is C13H20F3N3S2. The number of aromatic nitrogens is 1. The molecule has 1 aliphatic rings. The van der Waals surface area contributed by atoms with Crippen molar-refractivity contribution in [2.24, 2.45) is 0 Å². The molecule has 1 aromatic rings. The van der Waals surface area contributed by atoms with Gasteiger partial charge in [0, 0.05) is 35.2 Å². The maximum Gasteiger partial charge on any atom is 0.443 e. The highest BCUT2D eigenvalue weighted by molar-refractivity contribution is 7.99.